The number of hydrogen-bond acceptors (Lipinski definition) is 8. The van der Waals surface area contributed by atoms with Crippen LogP contribution < -0.4 is 24.9 Å². The maximum atomic E-state index is 12.9. The Morgan fingerprint density at radius 1 is 1.09 bits per heavy atom. The number of benzene rings is 2. The molecule has 0 bridgehead atoms. The molecule has 2 aromatic carbocycles. The van der Waals surface area contributed by atoms with Gasteiger partial charge in [0.05, 0.1) is 11.6 Å². The van der Waals surface area contributed by atoms with Crippen molar-refractivity contribution in [3.63, 3.8) is 0 Å². The SMILES string of the molecule is COc1ccc(NC(=O)COc2ccccc2/C=c2\sc3nc(-c4ccncc4)nn3c2=O)cc1. The van der Waals surface area contributed by atoms with Gasteiger partial charge in [0, 0.05) is 29.2 Å². The van der Waals surface area contributed by atoms with Gasteiger partial charge in [0.2, 0.25) is 4.96 Å². The fourth-order valence-corrected chi connectivity index (χ4v) is 4.24. The van der Waals surface area contributed by atoms with Gasteiger partial charge in [0.1, 0.15) is 11.5 Å². The average molecular weight is 486 g/mol. The van der Waals surface area contributed by atoms with E-state index in [4.69, 9.17) is 9.47 Å². The number of carbonyl (C=O) groups is 1. The molecule has 1 N–H and O–H groups in total. The number of anilines is 1. The minimum absolute atomic E-state index is 0.189. The number of hydrogen-bond donors (Lipinski definition) is 1. The Morgan fingerprint density at radius 2 is 1.86 bits per heavy atom. The van der Waals surface area contributed by atoms with E-state index in [0.717, 1.165) is 5.56 Å². The highest BCUT2D eigenvalue weighted by Crippen LogP contribution is 2.20. The first-order valence-corrected chi connectivity index (χ1v) is 11.4. The number of nitrogens with one attached hydrogen (secondary N) is 1. The molecule has 0 spiro atoms. The van der Waals surface area contributed by atoms with Crippen molar-refractivity contribution >= 4 is 34.0 Å². The summed E-state index contributed by atoms with van der Waals surface area (Å²) in [6.45, 7) is -0.189. The van der Waals surface area contributed by atoms with E-state index in [2.05, 4.69) is 20.4 Å². The number of fused-ring (bicyclic) bond motifs is 1. The Morgan fingerprint density at radius 3 is 2.60 bits per heavy atom. The van der Waals surface area contributed by atoms with Gasteiger partial charge in [-0.05, 0) is 48.5 Å². The smallest absolute Gasteiger partial charge is 0.291 e. The van der Waals surface area contributed by atoms with Crippen molar-refractivity contribution < 1.29 is 14.3 Å². The Hall–Kier alpha value is -4.57. The predicted molar refractivity (Wildman–Crippen MR) is 133 cm³/mol. The van der Waals surface area contributed by atoms with E-state index in [-0.39, 0.29) is 18.1 Å². The summed E-state index contributed by atoms with van der Waals surface area (Å²) in [5.74, 6) is 1.34. The van der Waals surface area contributed by atoms with Crippen LogP contribution in [0, 0.1) is 0 Å². The Kier molecular flexibility index (Phi) is 6.18. The summed E-state index contributed by atoms with van der Waals surface area (Å²) in [7, 11) is 1.58. The first-order chi connectivity index (χ1) is 17.1. The molecular formula is C25H19N5O4S. The Labute approximate surface area is 203 Å². The molecule has 0 saturated carbocycles. The zero-order valence-corrected chi connectivity index (χ0v) is 19.4. The third kappa shape index (κ3) is 4.87. The summed E-state index contributed by atoms with van der Waals surface area (Å²) >= 11 is 1.23. The zero-order valence-electron chi connectivity index (χ0n) is 18.5. The van der Waals surface area contributed by atoms with Crippen LogP contribution in [0.3, 0.4) is 0 Å². The van der Waals surface area contributed by atoms with Crippen molar-refractivity contribution in [3.8, 4) is 22.9 Å². The zero-order chi connectivity index (χ0) is 24.2. The Balaban J connectivity index is 1.34. The van der Waals surface area contributed by atoms with E-state index >= 15 is 0 Å². The van der Waals surface area contributed by atoms with Gasteiger partial charge < -0.3 is 14.8 Å². The van der Waals surface area contributed by atoms with Crippen LogP contribution in [0.4, 0.5) is 5.69 Å². The molecule has 0 atom stereocenters. The second-order valence-electron chi connectivity index (χ2n) is 7.38. The van der Waals surface area contributed by atoms with Gasteiger partial charge in [0.15, 0.2) is 12.4 Å². The van der Waals surface area contributed by atoms with E-state index in [1.807, 2.05) is 12.1 Å². The summed E-state index contributed by atoms with van der Waals surface area (Å²) in [4.78, 5) is 34.2. The fourth-order valence-electron chi connectivity index (χ4n) is 3.34. The lowest BCUT2D eigenvalue weighted by molar-refractivity contribution is -0.118. The summed E-state index contributed by atoms with van der Waals surface area (Å²) in [5, 5.41) is 7.11. The normalized spacial score (nSPS) is 11.5. The molecular weight excluding hydrogens is 466 g/mol. The summed E-state index contributed by atoms with van der Waals surface area (Å²) in [5.41, 5.74) is 1.81. The number of para-hydroxylation sites is 1. The third-order valence-corrected chi connectivity index (χ3v) is 6.02. The van der Waals surface area contributed by atoms with Crippen LogP contribution in [-0.4, -0.2) is 39.2 Å². The lowest BCUT2D eigenvalue weighted by atomic mass is 10.2. The van der Waals surface area contributed by atoms with Crippen LogP contribution in [0.15, 0.2) is 77.9 Å². The minimum Gasteiger partial charge on any atom is -0.497 e. The highest BCUT2D eigenvalue weighted by Gasteiger charge is 2.13. The van der Waals surface area contributed by atoms with Crippen molar-refractivity contribution in [3.05, 3.63) is 93.5 Å². The van der Waals surface area contributed by atoms with Gasteiger partial charge in [-0.1, -0.05) is 29.5 Å². The fraction of sp³-hybridized carbons (Fsp3) is 0.0800. The highest BCUT2D eigenvalue weighted by atomic mass is 32.1. The lowest BCUT2D eigenvalue weighted by Gasteiger charge is -2.10. The van der Waals surface area contributed by atoms with Crippen molar-refractivity contribution in [1.82, 2.24) is 19.6 Å². The maximum absolute atomic E-state index is 12.9. The highest BCUT2D eigenvalue weighted by molar-refractivity contribution is 7.15. The number of amides is 1. The number of thiazole rings is 1. The van der Waals surface area contributed by atoms with Gasteiger partial charge in [-0.15, -0.1) is 5.10 Å². The van der Waals surface area contributed by atoms with E-state index in [9.17, 15) is 9.59 Å². The number of ether oxygens (including phenoxy) is 2. The van der Waals surface area contributed by atoms with E-state index < -0.39 is 0 Å². The lowest BCUT2D eigenvalue weighted by Crippen LogP contribution is -2.24. The summed E-state index contributed by atoms with van der Waals surface area (Å²) in [6.07, 6.45) is 5.01. The second kappa shape index (κ2) is 9.74. The van der Waals surface area contributed by atoms with Crippen molar-refractivity contribution in [2.24, 2.45) is 0 Å². The Bertz CT molecular complexity index is 1600. The monoisotopic (exact) mass is 485 g/mol. The van der Waals surface area contributed by atoms with Gasteiger partial charge in [0.25, 0.3) is 11.5 Å². The first-order valence-electron chi connectivity index (χ1n) is 10.6. The first kappa shape index (κ1) is 22.2. The van der Waals surface area contributed by atoms with Gasteiger partial charge in [-0.25, -0.2) is 0 Å². The molecule has 5 aromatic rings. The third-order valence-electron chi connectivity index (χ3n) is 5.06. The number of methoxy groups -OCH3 is 1. The molecule has 0 aliphatic heterocycles. The van der Waals surface area contributed by atoms with E-state index in [1.54, 1.807) is 74.1 Å². The molecule has 10 heteroatoms. The maximum Gasteiger partial charge on any atom is 0.291 e. The minimum atomic E-state index is -0.308. The molecule has 1 amide bonds. The molecule has 0 unspecified atom stereocenters. The molecule has 9 nitrogen and oxygen atoms in total. The standard InChI is InChI=1S/C25H19N5O4S/c1-33-19-8-6-18(7-9-19)27-22(31)15-34-20-5-3-2-4-17(20)14-21-24(32)30-25(35-21)28-23(29-30)16-10-12-26-13-11-16/h2-14H,15H2,1H3,(H,27,31)/b21-14-. The van der Waals surface area contributed by atoms with E-state index in [0.29, 0.717) is 38.1 Å². The molecule has 174 valence electrons. The van der Waals surface area contributed by atoms with Gasteiger partial charge >= 0.3 is 0 Å². The number of aromatic nitrogens is 4. The molecule has 35 heavy (non-hydrogen) atoms. The van der Waals surface area contributed by atoms with Crippen LogP contribution in [-0.2, 0) is 4.79 Å². The predicted octanol–water partition coefficient (Wildman–Crippen LogP) is 2.79. The van der Waals surface area contributed by atoms with Crippen molar-refractivity contribution in [2.45, 2.75) is 0 Å². The largest absolute Gasteiger partial charge is 0.497 e. The van der Waals surface area contributed by atoms with Crippen LogP contribution in [0.5, 0.6) is 11.5 Å². The summed E-state index contributed by atoms with van der Waals surface area (Å²) < 4.78 is 12.6. The van der Waals surface area contributed by atoms with Crippen LogP contribution >= 0.6 is 11.3 Å². The van der Waals surface area contributed by atoms with Crippen LogP contribution in [0.25, 0.3) is 22.4 Å². The van der Waals surface area contributed by atoms with Crippen molar-refractivity contribution in [2.75, 3.05) is 19.0 Å². The van der Waals surface area contributed by atoms with Gasteiger partial charge in [-0.2, -0.15) is 9.50 Å². The van der Waals surface area contributed by atoms with Gasteiger partial charge in [-0.3, -0.25) is 14.6 Å². The van der Waals surface area contributed by atoms with E-state index in [1.165, 1.54) is 15.9 Å². The molecule has 0 saturated heterocycles. The van der Waals surface area contributed by atoms with Crippen molar-refractivity contribution in [1.29, 1.82) is 0 Å². The molecule has 3 aromatic heterocycles. The molecule has 0 radical (unpaired) electrons. The van der Waals surface area contributed by atoms with Crippen LogP contribution in [0.2, 0.25) is 0 Å². The molecule has 0 aliphatic carbocycles. The molecule has 0 aliphatic rings. The summed E-state index contributed by atoms with van der Waals surface area (Å²) in [6, 6.07) is 17.8. The number of rotatable bonds is 7. The topological polar surface area (TPSA) is 108 Å². The number of carbonyl (C=O) groups excluding carboxylic acids is 1. The molecule has 0 fully saturated rings. The van der Waals surface area contributed by atoms with Crippen LogP contribution in [0.1, 0.15) is 5.56 Å². The number of pyridine rings is 1. The quantitative estimate of drug-likeness (QED) is 0.378. The average Bonchev–Trinajstić information content (AvgIpc) is 3.43. The second-order valence-corrected chi connectivity index (χ2v) is 8.39. The molecule has 3 heterocycles. The molecule has 5 rings (SSSR count). The number of nitrogens with zero attached hydrogens (tertiary/aromatic N) is 4.